The molecule has 118 heavy (non-hydrogen) atoms. The van der Waals surface area contributed by atoms with Crippen LogP contribution in [0.25, 0.3) is 184 Å². The highest BCUT2D eigenvalue weighted by atomic mass is 32.1. The van der Waals surface area contributed by atoms with Crippen molar-refractivity contribution in [1.82, 2.24) is 0 Å². The molecule has 0 bridgehead atoms. The molecule has 0 aliphatic heterocycles. The molecular formula is C114H74N2S2. The van der Waals surface area contributed by atoms with Gasteiger partial charge < -0.3 is 9.80 Å². The van der Waals surface area contributed by atoms with Gasteiger partial charge in [0.15, 0.2) is 0 Å². The van der Waals surface area contributed by atoms with Crippen molar-refractivity contribution in [2.24, 2.45) is 0 Å². The maximum Gasteiger partial charge on any atom is 0.0546 e. The normalized spacial score (nSPS) is 11.6. The van der Waals surface area contributed by atoms with Gasteiger partial charge in [0.05, 0.1) is 28.4 Å². The van der Waals surface area contributed by atoms with Crippen molar-refractivity contribution >= 4 is 129 Å². The molecule has 0 unspecified atom stereocenters. The van der Waals surface area contributed by atoms with Gasteiger partial charge in [0.1, 0.15) is 0 Å². The lowest BCUT2D eigenvalue weighted by molar-refractivity contribution is 1.28. The van der Waals surface area contributed by atoms with E-state index < -0.39 is 0 Å². The van der Waals surface area contributed by atoms with Crippen molar-refractivity contribution in [3.05, 3.63) is 449 Å². The molecule has 2 aromatic heterocycles. The fraction of sp³-hybridized carbons (Fsp3) is 0. The quantitative estimate of drug-likeness (QED) is 0.0951. The van der Waals surface area contributed by atoms with Crippen LogP contribution in [0.3, 0.4) is 0 Å². The van der Waals surface area contributed by atoms with Crippen LogP contribution in [0.2, 0.25) is 0 Å². The Morgan fingerprint density at radius 1 is 0.144 bits per heavy atom. The molecule has 22 aromatic rings. The summed E-state index contributed by atoms with van der Waals surface area (Å²) in [6.45, 7) is 0. The molecule has 0 aliphatic rings. The average Bonchev–Trinajstić information content (AvgIpc) is 1.08. The van der Waals surface area contributed by atoms with E-state index in [0.717, 1.165) is 123 Å². The average molecular weight is 1540 g/mol. The molecule has 0 saturated carbocycles. The molecule has 0 N–H and O–H groups in total. The van der Waals surface area contributed by atoms with Gasteiger partial charge in [0, 0.05) is 85.0 Å². The van der Waals surface area contributed by atoms with Gasteiger partial charge in [0.2, 0.25) is 0 Å². The number of hydrogen-bond donors (Lipinski definition) is 0. The fourth-order valence-electron chi connectivity index (χ4n) is 18.0. The molecule has 4 heteroatoms. The van der Waals surface area contributed by atoms with Crippen LogP contribution in [0.4, 0.5) is 34.1 Å². The predicted octanol–water partition coefficient (Wildman–Crippen LogP) is 33.5. The zero-order valence-electron chi connectivity index (χ0n) is 64.4. The molecule has 0 amide bonds. The second-order valence-corrected chi connectivity index (χ2v) is 32.6. The summed E-state index contributed by atoms with van der Waals surface area (Å²) in [7, 11) is 0. The van der Waals surface area contributed by atoms with E-state index in [2.05, 4.69) is 459 Å². The van der Waals surface area contributed by atoms with Crippen molar-refractivity contribution in [2.75, 3.05) is 9.80 Å². The Hall–Kier alpha value is -14.8. The molecule has 0 spiro atoms. The Bertz CT molecular complexity index is 7620. The first kappa shape index (κ1) is 69.9. The van der Waals surface area contributed by atoms with Gasteiger partial charge in [-0.25, -0.2) is 0 Å². The Balaban J connectivity index is 0.661. The lowest BCUT2D eigenvalue weighted by Gasteiger charge is -2.32. The Labute approximate surface area is 694 Å². The van der Waals surface area contributed by atoms with Gasteiger partial charge in [-0.3, -0.25) is 0 Å². The van der Waals surface area contributed by atoms with Crippen molar-refractivity contribution in [1.29, 1.82) is 0 Å². The van der Waals surface area contributed by atoms with E-state index in [9.17, 15) is 0 Å². The van der Waals surface area contributed by atoms with E-state index in [1.54, 1.807) is 0 Å². The maximum atomic E-state index is 2.57. The number of rotatable bonds is 16. The third kappa shape index (κ3) is 12.6. The Kier molecular flexibility index (Phi) is 17.7. The van der Waals surface area contributed by atoms with E-state index >= 15 is 0 Å². The van der Waals surface area contributed by atoms with Crippen LogP contribution in [0, 0.1) is 0 Å². The number of benzene rings is 20. The van der Waals surface area contributed by atoms with E-state index in [4.69, 9.17) is 0 Å². The van der Waals surface area contributed by atoms with Gasteiger partial charge in [-0.05, 0) is 184 Å². The SMILES string of the molecule is c1ccc(-c2ccc(-c3cccc4ccccc34)cc2N(c2ccc(-c3cccc(-c4ccc5ccc(-c6ccc(N(c7cc(-c8cccc9ccccc89)ccc7-c7ccccc7)c7ccccc7-c7cccc8c7sc7ccccc78)c(-c7ccccc7)c6)cc5c4)c3)cc2)c2ccccc2-c2cccc3c2sc2ccccc23)cc1. The van der Waals surface area contributed by atoms with Crippen LogP contribution in [0.15, 0.2) is 449 Å². The number of nitrogens with zero attached hydrogens (tertiary/aromatic N) is 2. The first-order valence-electron chi connectivity index (χ1n) is 40.4. The fourth-order valence-corrected chi connectivity index (χ4v) is 20.5. The number of anilines is 6. The summed E-state index contributed by atoms with van der Waals surface area (Å²) in [6.07, 6.45) is 0. The predicted molar refractivity (Wildman–Crippen MR) is 508 cm³/mol. The second kappa shape index (κ2) is 29.9. The third-order valence-electron chi connectivity index (χ3n) is 23.7. The van der Waals surface area contributed by atoms with Crippen molar-refractivity contribution in [3.8, 4) is 111 Å². The van der Waals surface area contributed by atoms with Gasteiger partial charge in [0.25, 0.3) is 0 Å². The van der Waals surface area contributed by atoms with Crippen LogP contribution < -0.4 is 9.80 Å². The third-order valence-corrected chi connectivity index (χ3v) is 26.1. The second-order valence-electron chi connectivity index (χ2n) is 30.5. The van der Waals surface area contributed by atoms with Gasteiger partial charge in [-0.15, -0.1) is 22.7 Å². The monoisotopic (exact) mass is 1530 g/mol. The van der Waals surface area contributed by atoms with Gasteiger partial charge in [-0.1, -0.05) is 370 Å². The minimum absolute atomic E-state index is 1.05. The van der Waals surface area contributed by atoms with Gasteiger partial charge >= 0.3 is 0 Å². The Morgan fingerprint density at radius 2 is 0.492 bits per heavy atom. The first-order chi connectivity index (χ1) is 58.5. The van der Waals surface area contributed by atoms with Crippen molar-refractivity contribution in [2.45, 2.75) is 0 Å². The molecular weight excluding hydrogens is 1460 g/mol. The minimum Gasteiger partial charge on any atom is -0.309 e. The summed E-state index contributed by atoms with van der Waals surface area (Å²) < 4.78 is 5.11. The molecule has 22 rings (SSSR count). The highest BCUT2D eigenvalue weighted by Crippen LogP contribution is 2.54. The van der Waals surface area contributed by atoms with E-state index in [1.807, 2.05) is 22.7 Å². The number of fused-ring (bicyclic) bond motifs is 9. The first-order valence-corrected chi connectivity index (χ1v) is 42.0. The lowest BCUT2D eigenvalue weighted by atomic mass is 9.91. The standard InChI is InChI=1S/C114H74N2S2/c1-4-27-79(28-5-1)95-66-61-87(93-45-23-35-77-33-10-12-39-91(77)93)73-109(95)115(106-51-18-14-41-97(106)101-47-25-49-103-99-43-16-20-53-111(99)117-113(101)103)90-64-59-75(60-65-90)82-37-22-38-83(69-82)84-57-55-76-56-58-85(71-89(76)70-84)86-63-68-108(105(72-86)81-31-8-3-9-32-81)116(107-52-19-15-42-98(107)102-48-26-50-104-100-44-17-21-54-112(100)118-114(102)104)110-74-88(62-67-96(110)80-29-6-2-7-30-80)94-46-24-36-78-34-11-13-40-92(78)94/h1-74H. The lowest BCUT2D eigenvalue weighted by Crippen LogP contribution is -2.14. The van der Waals surface area contributed by atoms with Crippen LogP contribution in [0.1, 0.15) is 0 Å². The molecule has 2 heterocycles. The summed E-state index contributed by atoms with van der Waals surface area (Å²) in [5, 5.41) is 12.3. The molecule has 20 aromatic carbocycles. The highest BCUT2D eigenvalue weighted by molar-refractivity contribution is 7.26. The largest absolute Gasteiger partial charge is 0.309 e. The molecule has 552 valence electrons. The smallest absolute Gasteiger partial charge is 0.0546 e. The summed E-state index contributed by atoms with van der Waals surface area (Å²) in [4.78, 5) is 5.08. The molecule has 0 radical (unpaired) electrons. The highest BCUT2D eigenvalue weighted by Gasteiger charge is 2.28. The maximum absolute atomic E-state index is 2.57. The topological polar surface area (TPSA) is 6.48 Å². The van der Waals surface area contributed by atoms with Crippen LogP contribution in [-0.2, 0) is 0 Å². The summed E-state index contributed by atoms with van der Waals surface area (Å²) in [5.41, 5.74) is 29.5. The molecule has 0 saturated heterocycles. The van der Waals surface area contributed by atoms with Crippen LogP contribution >= 0.6 is 22.7 Å². The minimum atomic E-state index is 1.05. The summed E-state index contributed by atoms with van der Waals surface area (Å²) in [5.74, 6) is 0. The van der Waals surface area contributed by atoms with Crippen LogP contribution in [0.5, 0.6) is 0 Å². The number of para-hydroxylation sites is 2. The molecule has 2 nitrogen and oxygen atoms in total. The number of hydrogen-bond acceptors (Lipinski definition) is 4. The van der Waals surface area contributed by atoms with E-state index in [-0.39, 0.29) is 0 Å². The number of thiophene rings is 2. The molecule has 0 atom stereocenters. The summed E-state index contributed by atoms with van der Waals surface area (Å²) in [6, 6.07) is 167. The summed E-state index contributed by atoms with van der Waals surface area (Å²) >= 11 is 3.75. The Morgan fingerprint density at radius 3 is 1.03 bits per heavy atom. The van der Waals surface area contributed by atoms with E-state index in [0.29, 0.717) is 0 Å². The molecule has 0 aliphatic carbocycles. The zero-order valence-corrected chi connectivity index (χ0v) is 66.1. The van der Waals surface area contributed by atoms with Crippen molar-refractivity contribution in [3.63, 3.8) is 0 Å². The zero-order chi connectivity index (χ0) is 78.0. The van der Waals surface area contributed by atoms with Crippen LogP contribution in [-0.4, -0.2) is 0 Å². The van der Waals surface area contributed by atoms with E-state index in [1.165, 1.54) is 94.9 Å². The van der Waals surface area contributed by atoms with Gasteiger partial charge in [-0.2, -0.15) is 0 Å². The van der Waals surface area contributed by atoms with Crippen molar-refractivity contribution < 1.29 is 0 Å². The molecule has 0 fully saturated rings.